The highest BCUT2D eigenvalue weighted by Crippen LogP contribution is 2.32. The molecule has 1 heterocycles. The molecule has 0 aromatic heterocycles. The van der Waals surface area contributed by atoms with Gasteiger partial charge in [0.1, 0.15) is 6.10 Å². The fourth-order valence-electron chi connectivity index (χ4n) is 3.44. The molecule has 1 N–H and O–H groups in total. The fraction of sp³-hybridized carbons (Fsp3) is 0.632. The molecule has 0 radical (unpaired) electrons. The van der Waals surface area contributed by atoms with Gasteiger partial charge in [-0.05, 0) is 61.8 Å². The molecule has 1 fully saturated rings. The summed E-state index contributed by atoms with van der Waals surface area (Å²) >= 11 is 0. The first-order chi connectivity index (χ1) is 12.3. The summed E-state index contributed by atoms with van der Waals surface area (Å²) in [4.78, 5) is 13.9. The lowest BCUT2D eigenvalue weighted by Crippen LogP contribution is -2.41. The van der Waals surface area contributed by atoms with Gasteiger partial charge in [-0.2, -0.15) is 4.31 Å². The largest absolute Gasteiger partial charge is 0.384 e. The molecule has 7 heteroatoms. The summed E-state index contributed by atoms with van der Waals surface area (Å²) in [5, 5.41) is 9.48. The second-order valence-electron chi connectivity index (χ2n) is 7.42. The van der Waals surface area contributed by atoms with Crippen molar-refractivity contribution in [3.8, 4) is 0 Å². The zero-order valence-electron chi connectivity index (χ0n) is 15.5. The van der Waals surface area contributed by atoms with Crippen LogP contribution >= 0.6 is 0 Å². The molecule has 6 nitrogen and oxygen atoms in total. The van der Waals surface area contributed by atoms with E-state index in [9.17, 15) is 18.3 Å². The van der Waals surface area contributed by atoms with Crippen molar-refractivity contribution in [1.82, 2.24) is 9.21 Å². The van der Waals surface area contributed by atoms with Crippen LogP contribution in [0.2, 0.25) is 0 Å². The molecule has 26 heavy (non-hydrogen) atoms. The normalized spacial score (nSPS) is 18.7. The third-order valence-electron chi connectivity index (χ3n) is 5.13. The molecule has 1 unspecified atom stereocenters. The van der Waals surface area contributed by atoms with Gasteiger partial charge < -0.3 is 10.0 Å². The summed E-state index contributed by atoms with van der Waals surface area (Å²) in [5.41, 5.74) is 1.93. The lowest BCUT2D eigenvalue weighted by molar-refractivity contribution is -0.140. The molecule has 3 rings (SSSR count). The van der Waals surface area contributed by atoms with Crippen molar-refractivity contribution in [2.75, 3.05) is 19.6 Å². The van der Waals surface area contributed by atoms with Crippen LogP contribution in [0.1, 0.15) is 44.2 Å². The average Bonchev–Trinajstić information content (AvgIpc) is 3.43. The predicted molar refractivity (Wildman–Crippen MR) is 99.0 cm³/mol. The van der Waals surface area contributed by atoms with Gasteiger partial charge >= 0.3 is 0 Å². The van der Waals surface area contributed by atoms with E-state index in [1.807, 2.05) is 13.0 Å². The zero-order chi connectivity index (χ0) is 18.9. The van der Waals surface area contributed by atoms with Gasteiger partial charge in [-0.15, -0.1) is 0 Å². The summed E-state index contributed by atoms with van der Waals surface area (Å²) in [6.45, 7) is 5.55. The second kappa shape index (κ2) is 7.66. The van der Waals surface area contributed by atoms with Crippen molar-refractivity contribution < 1.29 is 18.3 Å². The van der Waals surface area contributed by atoms with Crippen LogP contribution in [0.25, 0.3) is 0 Å². The first-order valence-corrected chi connectivity index (χ1v) is 10.9. The second-order valence-corrected chi connectivity index (χ2v) is 9.36. The van der Waals surface area contributed by atoms with Gasteiger partial charge in [0.25, 0.3) is 5.91 Å². The van der Waals surface area contributed by atoms with Crippen LogP contribution in [-0.2, 0) is 27.8 Å². The zero-order valence-corrected chi connectivity index (χ0v) is 16.3. The maximum absolute atomic E-state index is 13.1. The molecule has 2 aliphatic rings. The molecule has 1 saturated carbocycles. The summed E-state index contributed by atoms with van der Waals surface area (Å²) in [6, 6.07) is 5.23. The highest BCUT2D eigenvalue weighted by atomic mass is 32.2. The van der Waals surface area contributed by atoms with Crippen LogP contribution in [0.4, 0.5) is 0 Å². The summed E-state index contributed by atoms with van der Waals surface area (Å²) in [7, 11) is -3.48. The molecule has 1 aliphatic heterocycles. The summed E-state index contributed by atoms with van der Waals surface area (Å²) in [6.07, 6.45) is 2.63. The Hall–Kier alpha value is -1.44. The Morgan fingerprint density at radius 2 is 2.08 bits per heavy atom. The van der Waals surface area contributed by atoms with E-state index in [2.05, 4.69) is 0 Å². The van der Waals surface area contributed by atoms with Gasteiger partial charge in [0.05, 0.1) is 4.90 Å². The quantitative estimate of drug-likeness (QED) is 0.782. The molecule has 144 valence electrons. The molecular weight excluding hydrogens is 352 g/mol. The lowest BCUT2D eigenvalue weighted by atomic mass is 9.99. The molecule has 1 aromatic carbocycles. The minimum atomic E-state index is -3.48. The minimum absolute atomic E-state index is 0.286. The fourth-order valence-corrected chi connectivity index (χ4v) is 5.10. The van der Waals surface area contributed by atoms with E-state index in [0.717, 1.165) is 30.4 Å². The summed E-state index contributed by atoms with van der Waals surface area (Å²) in [5.74, 6) is 0.222. The Morgan fingerprint density at radius 1 is 1.35 bits per heavy atom. The van der Waals surface area contributed by atoms with Gasteiger partial charge in [-0.25, -0.2) is 8.42 Å². The van der Waals surface area contributed by atoms with Crippen LogP contribution in [0.3, 0.4) is 0 Å². The number of carbonyl (C=O) groups excluding carboxylic acids is 1. The Bertz CT molecular complexity index is 772. The standard InChI is InChI=1S/C19H28N2O4S/c1-3-9-21(12-15-4-5-15)26(24,25)18-7-6-17-13-20(19(23)14(2)22)10-8-16(17)11-18/h6-7,11,14-15,22H,3-5,8-10,12-13H2,1-2H3. The monoisotopic (exact) mass is 380 g/mol. The SMILES string of the molecule is CCCN(CC1CC1)S(=O)(=O)c1ccc2c(c1)CCN(C(=O)C(C)O)C2. The van der Waals surface area contributed by atoms with E-state index in [0.29, 0.717) is 43.4 Å². The molecule has 1 amide bonds. The molecule has 0 bridgehead atoms. The minimum Gasteiger partial charge on any atom is -0.384 e. The molecule has 1 aromatic rings. The van der Waals surface area contributed by atoms with E-state index in [4.69, 9.17) is 0 Å². The van der Waals surface area contributed by atoms with Crippen molar-refractivity contribution >= 4 is 15.9 Å². The Kier molecular flexibility index (Phi) is 5.69. The number of aliphatic hydroxyl groups excluding tert-OH is 1. The van der Waals surface area contributed by atoms with Crippen molar-refractivity contribution in [1.29, 1.82) is 0 Å². The first-order valence-electron chi connectivity index (χ1n) is 9.41. The number of rotatable bonds is 7. The van der Waals surface area contributed by atoms with Gasteiger partial charge in [0.15, 0.2) is 0 Å². The van der Waals surface area contributed by atoms with E-state index in [-0.39, 0.29) is 5.91 Å². The van der Waals surface area contributed by atoms with Crippen molar-refractivity contribution in [2.45, 2.75) is 57.1 Å². The van der Waals surface area contributed by atoms with Crippen LogP contribution in [0.5, 0.6) is 0 Å². The van der Waals surface area contributed by atoms with Crippen molar-refractivity contribution in [3.63, 3.8) is 0 Å². The summed E-state index contributed by atoms with van der Waals surface area (Å²) < 4.78 is 27.7. The van der Waals surface area contributed by atoms with Crippen LogP contribution < -0.4 is 0 Å². The highest BCUT2D eigenvalue weighted by molar-refractivity contribution is 7.89. The van der Waals surface area contributed by atoms with E-state index < -0.39 is 16.1 Å². The number of nitrogens with zero attached hydrogens (tertiary/aromatic N) is 2. The lowest BCUT2D eigenvalue weighted by Gasteiger charge is -2.30. The number of amides is 1. The molecule has 0 spiro atoms. The number of aliphatic hydroxyl groups is 1. The predicted octanol–water partition coefficient (Wildman–Crippen LogP) is 1.76. The molecular formula is C19H28N2O4S. The maximum atomic E-state index is 13.1. The topological polar surface area (TPSA) is 77.9 Å². The number of fused-ring (bicyclic) bond motifs is 1. The van der Waals surface area contributed by atoms with Gasteiger partial charge in [-0.1, -0.05) is 13.0 Å². The van der Waals surface area contributed by atoms with Gasteiger partial charge in [0, 0.05) is 26.2 Å². The maximum Gasteiger partial charge on any atom is 0.251 e. The van der Waals surface area contributed by atoms with Gasteiger partial charge in [0.2, 0.25) is 10.0 Å². The molecule has 1 aliphatic carbocycles. The van der Waals surface area contributed by atoms with E-state index in [1.165, 1.54) is 6.92 Å². The van der Waals surface area contributed by atoms with Gasteiger partial charge in [-0.3, -0.25) is 4.79 Å². The number of sulfonamides is 1. The van der Waals surface area contributed by atoms with Crippen molar-refractivity contribution in [2.24, 2.45) is 5.92 Å². The third kappa shape index (κ3) is 4.10. The third-order valence-corrected chi connectivity index (χ3v) is 6.99. The van der Waals surface area contributed by atoms with E-state index in [1.54, 1.807) is 21.3 Å². The molecule has 0 saturated heterocycles. The number of benzene rings is 1. The first kappa shape index (κ1) is 19.3. The Labute approximate surface area is 155 Å². The number of carbonyl (C=O) groups is 1. The Balaban J connectivity index is 1.81. The average molecular weight is 381 g/mol. The molecule has 1 atom stereocenters. The number of hydrogen-bond acceptors (Lipinski definition) is 4. The van der Waals surface area contributed by atoms with E-state index >= 15 is 0 Å². The van der Waals surface area contributed by atoms with Crippen LogP contribution in [0.15, 0.2) is 23.1 Å². The smallest absolute Gasteiger partial charge is 0.251 e. The highest BCUT2D eigenvalue weighted by Gasteiger charge is 2.32. The van der Waals surface area contributed by atoms with Crippen LogP contribution in [-0.4, -0.2) is 54.4 Å². The number of hydrogen-bond donors (Lipinski definition) is 1. The Morgan fingerprint density at radius 3 is 2.69 bits per heavy atom. The van der Waals surface area contributed by atoms with Crippen LogP contribution in [0, 0.1) is 5.92 Å². The van der Waals surface area contributed by atoms with Crippen molar-refractivity contribution in [3.05, 3.63) is 29.3 Å².